The maximum atomic E-state index is 13.5. The Morgan fingerprint density at radius 1 is 0.977 bits per heavy atom. The highest BCUT2D eigenvalue weighted by Gasteiger charge is 2.31. The van der Waals surface area contributed by atoms with Crippen LogP contribution in [0.15, 0.2) is 54.2 Å². The Balaban J connectivity index is 1.47. The predicted octanol–water partition coefficient (Wildman–Crippen LogP) is 7.05. The fourth-order valence-corrected chi connectivity index (χ4v) is 5.91. The van der Waals surface area contributed by atoms with E-state index in [4.69, 9.17) is 19.4 Å². The molecule has 1 saturated heterocycles. The lowest BCUT2D eigenvalue weighted by molar-refractivity contribution is 0.0246. The number of carbonyl (C=O) groups excluding carboxylic acids is 2. The number of imidazole rings is 1. The summed E-state index contributed by atoms with van der Waals surface area (Å²) in [6.07, 6.45) is 8.27. The second-order valence-electron chi connectivity index (χ2n) is 13.6. The zero-order chi connectivity index (χ0) is 30.8. The number of aromatic nitrogens is 3. The molecule has 0 spiro atoms. The van der Waals surface area contributed by atoms with Crippen molar-refractivity contribution in [3.63, 3.8) is 0 Å². The maximum Gasteiger partial charge on any atom is 0.420 e. The molecular formula is C34H45N5O4. The van der Waals surface area contributed by atoms with Gasteiger partial charge < -0.3 is 14.4 Å². The number of para-hydroxylation sites is 2. The third-order valence-electron chi connectivity index (χ3n) is 7.74. The van der Waals surface area contributed by atoms with Crippen molar-refractivity contribution < 1.29 is 19.1 Å². The molecule has 2 aliphatic rings. The highest BCUT2D eigenvalue weighted by molar-refractivity contribution is 5.87. The van der Waals surface area contributed by atoms with Crippen LogP contribution in [0.4, 0.5) is 9.59 Å². The van der Waals surface area contributed by atoms with Gasteiger partial charge in [0.25, 0.3) is 0 Å². The summed E-state index contributed by atoms with van der Waals surface area (Å²) in [7, 11) is 0. The Hall–Kier alpha value is -3.72. The summed E-state index contributed by atoms with van der Waals surface area (Å²) in [5, 5.41) is 0. The fourth-order valence-electron chi connectivity index (χ4n) is 5.91. The van der Waals surface area contributed by atoms with Gasteiger partial charge in [0.1, 0.15) is 17.0 Å². The second-order valence-corrected chi connectivity index (χ2v) is 13.6. The van der Waals surface area contributed by atoms with E-state index in [1.165, 1.54) is 11.1 Å². The van der Waals surface area contributed by atoms with Crippen LogP contribution in [0.25, 0.3) is 11.0 Å². The third kappa shape index (κ3) is 7.63. The molecule has 2 aromatic heterocycles. The van der Waals surface area contributed by atoms with Crippen LogP contribution in [-0.2, 0) is 22.4 Å². The number of fused-ring (bicyclic) bond motifs is 2. The number of aryl methyl sites for hydroxylation is 1. The molecule has 5 rings (SSSR count). The van der Waals surface area contributed by atoms with Gasteiger partial charge in [0.15, 0.2) is 0 Å². The number of ether oxygens (including phenoxy) is 2. The molecule has 1 fully saturated rings. The minimum Gasteiger partial charge on any atom is -0.444 e. The van der Waals surface area contributed by atoms with Crippen LogP contribution < -0.4 is 0 Å². The van der Waals surface area contributed by atoms with Crippen LogP contribution >= 0.6 is 0 Å². The van der Waals surface area contributed by atoms with Gasteiger partial charge in [0.05, 0.1) is 29.3 Å². The van der Waals surface area contributed by atoms with Crippen molar-refractivity contribution in [2.45, 2.75) is 97.4 Å². The topological polar surface area (TPSA) is 89.8 Å². The van der Waals surface area contributed by atoms with E-state index in [0.717, 1.165) is 48.8 Å². The summed E-state index contributed by atoms with van der Waals surface area (Å²) in [5.74, 6) is 0.635. The number of pyridine rings is 1. The predicted molar refractivity (Wildman–Crippen MR) is 167 cm³/mol. The quantitative estimate of drug-likeness (QED) is 0.296. The van der Waals surface area contributed by atoms with Gasteiger partial charge in [-0.25, -0.2) is 19.1 Å². The Morgan fingerprint density at radius 2 is 1.72 bits per heavy atom. The minimum absolute atomic E-state index is 0.0687. The van der Waals surface area contributed by atoms with Gasteiger partial charge >= 0.3 is 12.2 Å². The standard InChI is InChI=1S/C34H45N5O4/c1-33(2,3)42-31(40)38-20-11-12-24(22-38)18-21-37(28-17-9-13-25-14-10-19-35-30(25)28)23-29-36-26-15-7-8-16-27(26)39(29)32(41)43-34(4,5)6/h7-8,10,14-16,18-19,28H,9,11-13,17,20-23H2,1-6H3/b24-18-/t28-/m0/s1. The average molecular weight is 588 g/mol. The molecule has 43 heavy (non-hydrogen) atoms. The highest BCUT2D eigenvalue weighted by atomic mass is 16.6. The monoisotopic (exact) mass is 587 g/mol. The van der Waals surface area contributed by atoms with Crippen molar-refractivity contribution in [2.75, 3.05) is 19.6 Å². The number of likely N-dealkylation sites (tertiary alicyclic amines) is 1. The Kier molecular flexibility index (Phi) is 8.92. The zero-order valence-corrected chi connectivity index (χ0v) is 26.4. The summed E-state index contributed by atoms with van der Waals surface area (Å²) < 4.78 is 13.1. The second kappa shape index (κ2) is 12.5. The molecule has 0 N–H and O–H groups in total. The summed E-state index contributed by atoms with van der Waals surface area (Å²) in [6, 6.07) is 11.9. The molecule has 0 saturated carbocycles. The molecule has 9 heteroatoms. The van der Waals surface area contributed by atoms with E-state index in [-0.39, 0.29) is 12.1 Å². The number of hydrogen-bond donors (Lipinski definition) is 0. The minimum atomic E-state index is -0.642. The first-order chi connectivity index (χ1) is 20.4. The molecule has 9 nitrogen and oxygen atoms in total. The number of hydrogen-bond acceptors (Lipinski definition) is 7. The average Bonchev–Trinajstić information content (AvgIpc) is 3.31. The van der Waals surface area contributed by atoms with Crippen molar-refractivity contribution in [3.05, 3.63) is 71.3 Å². The van der Waals surface area contributed by atoms with E-state index in [0.29, 0.717) is 32.0 Å². The maximum absolute atomic E-state index is 13.5. The van der Waals surface area contributed by atoms with E-state index >= 15 is 0 Å². The van der Waals surface area contributed by atoms with Gasteiger partial charge in [-0.05, 0) is 97.4 Å². The van der Waals surface area contributed by atoms with Crippen molar-refractivity contribution in [1.82, 2.24) is 24.3 Å². The molecule has 0 radical (unpaired) electrons. The van der Waals surface area contributed by atoms with Gasteiger partial charge in [-0.15, -0.1) is 0 Å². The first kappa shape index (κ1) is 30.7. The molecule has 1 atom stereocenters. The molecule has 0 unspecified atom stereocenters. The third-order valence-corrected chi connectivity index (χ3v) is 7.74. The molecule has 1 aliphatic heterocycles. The van der Waals surface area contributed by atoms with Crippen molar-refractivity contribution in [2.24, 2.45) is 0 Å². The number of piperidine rings is 1. The summed E-state index contributed by atoms with van der Waals surface area (Å²) in [4.78, 5) is 40.3. The highest BCUT2D eigenvalue weighted by Crippen LogP contribution is 2.34. The fraction of sp³-hybridized carbons (Fsp3) is 0.529. The Morgan fingerprint density at radius 3 is 2.49 bits per heavy atom. The molecule has 1 amide bonds. The van der Waals surface area contributed by atoms with Crippen molar-refractivity contribution in [3.8, 4) is 0 Å². The van der Waals surface area contributed by atoms with Gasteiger partial charge in [0, 0.05) is 25.8 Å². The SMILES string of the molecule is CC(C)(C)OC(=O)N1CCC/C(=C/CN(Cc2nc3ccccc3n2C(=O)OC(C)(C)C)[C@H]2CCCc3cccnc32)C1. The summed E-state index contributed by atoms with van der Waals surface area (Å²) in [5.41, 5.74) is 3.88. The zero-order valence-electron chi connectivity index (χ0n) is 26.4. The molecule has 230 valence electrons. The number of benzene rings is 1. The first-order valence-electron chi connectivity index (χ1n) is 15.4. The number of amides is 1. The summed E-state index contributed by atoms with van der Waals surface area (Å²) in [6.45, 7) is 13.6. The van der Waals surface area contributed by atoms with Gasteiger partial charge in [0.2, 0.25) is 0 Å². The van der Waals surface area contributed by atoms with Gasteiger partial charge in [-0.1, -0.05) is 29.8 Å². The van der Waals surface area contributed by atoms with Crippen LogP contribution in [0.5, 0.6) is 0 Å². The van der Waals surface area contributed by atoms with Crippen LogP contribution in [-0.4, -0.2) is 67.4 Å². The molecule has 3 heterocycles. The molecular weight excluding hydrogens is 542 g/mol. The Bertz CT molecular complexity index is 1500. The normalized spacial score (nSPS) is 18.6. The molecule has 1 aromatic carbocycles. The molecule has 0 bridgehead atoms. The van der Waals surface area contributed by atoms with Crippen LogP contribution in [0.1, 0.15) is 90.3 Å². The van der Waals surface area contributed by atoms with Gasteiger partial charge in [-0.2, -0.15) is 0 Å². The van der Waals surface area contributed by atoms with E-state index in [1.807, 2.05) is 78.1 Å². The first-order valence-corrected chi connectivity index (χ1v) is 15.4. The smallest absolute Gasteiger partial charge is 0.420 e. The molecule has 3 aromatic rings. The number of rotatable bonds is 5. The lowest BCUT2D eigenvalue weighted by Crippen LogP contribution is -2.41. The lowest BCUT2D eigenvalue weighted by atomic mass is 9.90. The number of nitrogens with zero attached hydrogens (tertiary/aromatic N) is 5. The summed E-state index contributed by atoms with van der Waals surface area (Å²) >= 11 is 0. The van der Waals surface area contributed by atoms with Crippen molar-refractivity contribution >= 4 is 23.2 Å². The van der Waals surface area contributed by atoms with Crippen molar-refractivity contribution in [1.29, 1.82) is 0 Å². The largest absolute Gasteiger partial charge is 0.444 e. The van der Waals surface area contributed by atoms with E-state index in [9.17, 15) is 9.59 Å². The number of carbonyl (C=O) groups is 2. The van der Waals surface area contributed by atoms with E-state index in [2.05, 4.69) is 17.0 Å². The van der Waals surface area contributed by atoms with E-state index < -0.39 is 17.3 Å². The lowest BCUT2D eigenvalue weighted by Gasteiger charge is -2.35. The molecule has 1 aliphatic carbocycles. The van der Waals surface area contributed by atoms with Gasteiger partial charge in [-0.3, -0.25) is 9.88 Å². The van der Waals surface area contributed by atoms with Crippen LogP contribution in [0.3, 0.4) is 0 Å². The van der Waals surface area contributed by atoms with E-state index in [1.54, 1.807) is 9.47 Å². The van der Waals surface area contributed by atoms with Crippen LogP contribution in [0.2, 0.25) is 0 Å². The van der Waals surface area contributed by atoms with Crippen LogP contribution in [0, 0.1) is 0 Å². The Labute approximate surface area is 254 Å².